The number of aromatic amines is 1. The Morgan fingerprint density at radius 3 is 2.32 bits per heavy atom. The van der Waals surface area contributed by atoms with E-state index < -0.39 is 5.69 Å². The summed E-state index contributed by atoms with van der Waals surface area (Å²) < 4.78 is 1.48. The highest BCUT2D eigenvalue weighted by atomic mass is 16.2. The summed E-state index contributed by atoms with van der Waals surface area (Å²) in [7, 11) is 0. The molecule has 3 aromatic rings. The summed E-state index contributed by atoms with van der Waals surface area (Å²) in [6, 6.07) is 19.1. The van der Waals surface area contributed by atoms with Gasteiger partial charge in [0.2, 0.25) is 0 Å². The van der Waals surface area contributed by atoms with E-state index in [1.807, 2.05) is 67.6 Å². The van der Waals surface area contributed by atoms with Crippen LogP contribution in [-0.2, 0) is 0 Å². The molecule has 0 saturated carbocycles. The van der Waals surface area contributed by atoms with Crippen LogP contribution < -0.4 is 11.2 Å². The molecule has 2 aromatic carbocycles. The zero-order chi connectivity index (χ0) is 17.4. The zero-order valence-electron chi connectivity index (χ0n) is 13.8. The summed E-state index contributed by atoms with van der Waals surface area (Å²) in [6.07, 6.45) is 0.660. The Kier molecular flexibility index (Phi) is 3.69. The number of H-pyrrole nitrogens is 1. The normalized spacial score (nSPS) is 16.2. The van der Waals surface area contributed by atoms with Crippen molar-refractivity contribution in [3.05, 3.63) is 92.6 Å². The summed E-state index contributed by atoms with van der Waals surface area (Å²) in [6.45, 7) is 1.93. The molecule has 1 aliphatic heterocycles. The fourth-order valence-corrected chi connectivity index (χ4v) is 3.37. The van der Waals surface area contributed by atoms with E-state index in [1.54, 1.807) is 0 Å². The van der Waals surface area contributed by atoms with Crippen molar-refractivity contribution in [1.82, 2.24) is 9.55 Å². The molecule has 0 radical (unpaired) electrons. The van der Waals surface area contributed by atoms with Gasteiger partial charge in [0.25, 0.3) is 5.56 Å². The lowest BCUT2D eigenvalue weighted by molar-refractivity contribution is 0.766. The highest BCUT2D eigenvalue weighted by Gasteiger charge is 2.29. The van der Waals surface area contributed by atoms with Gasteiger partial charge >= 0.3 is 5.69 Å². The van der Waals surface area contributed by atoms with Crippen molar-refractivity contribution in [3.63, 3.8) is 0 Å². The third-order valence-corrected chi connectivity index (χ3v) is 4.48. The second kappa shape index (κ2) is 6.02. The second-order valence-electron chi connectivity index (χ2n) is 6.18. The van der Waals surface area contributed by atoms with Crippen LogP contribution in [0, 0.1) is 0 Å². The van der Waals surface area contributed by atoms with Crippen LogP contribution in [0.5, 0.6) is 0 Å². The molecule has 1 aliphatic rings. The van der Waals surface area contributed by atoms with Gasteiger partial charge in [-0.3, -0.25) is 9.78 Å². The molecule has 0 aliphatic carbocycles. The quantitative estimate of drug-likeness (QED) is 0.784. The fraction of sp³-hybridized carbons (Fsp3) is 0.150. The molecule has 0 fully saturated rings. The second-order valence-corrected chi connectivity index (χ2v) is 6.18. The summed E-state index contributed by atoms with van der Waals surface area (Å²) in [5, 5.41) is 0. The highest BCUT2D eigenvalue weighted by molar-refractivity contribution is 5.88. The minimum atomic E-state index is -0.472. The number of nitrogens with zero attached hydrogens (tertiary/aromatic N) is 2. The van der Waals surface area contributed by atoms with Gasteiger partial charge in [0, 0.05) is 11.6 Å². The molecular weight excluding hydrogens is 314 g/mol. The SMILES string of the molecule is CC1=Nc2c(c(=O)[nH]c(=O)n2-c2ccccc2)C(c2ccccc2)C1. The van der Waals surface area contributed by atoms with Crippen molar-refractivity contribution in [3.8, 4) is 5.69 Å². The molecule has 1 aromatic heterocycles. The third kappa shape index (κ3) is 2.63. The number of para-hydroxylation sites is 1. The molecule has 0 amide bonds. The molecule has 0 bridgehead atoms. The maximum atomic E-state index is 12.6. The van der Waals surface area contributed by atoms with Gasteiger partial charge in [0.15, 0.2) is 5.82 Å². The molecular formula is C20H17N3O2. The van der Waals surface area contributed by atoms with Gasteiger partial charge in [-0.25, -0.2) is 14.4 Å². The van der Waals surface area contributed by atoms with Crippen molar-refractivity contribution < 1.29 is 0 Å². The van der Waals surface area contributed by atoms with Crippen molar-refractivity contribution in [2.75, 3.05) is 0 Å². The molecule has 25 heavy (non-hydrogen) atoms. The number of aliphatic imine (C=N–C) groups is 1. The minimum Gasteiger partial charge on any atom is -0.273 e. The van der Waals surface area contributed by atoms with Crippen LogP contribution in [0.15, 0.2) is 75.2 Å². The topological polar surface area (TPSA) is 67.2 Å². The monoisotopic (exact) mass is 331 g/mol. The Morgan fingerprint density at radius 2 is 1.64 bits per heavy atom. The van der Waals surface area contributed by atoms with E-state index in [0.29, 0.717) is 23.5 Å². The molecule has 124 valence electrons. The zero-order valence-corrected chi connectivity index (χ0v) is 13.8. The predicted octanol–water partition coefficient (Wildman–Crippen LogP) is 3.15. The molecule has 1 unspecified atom stereocenters. The first-order chi connectivity index (χ1) is 12.1. The molecule has 0 saturated heterocycles. The summed E-state index contributed by atoms with van der Waals surface area (Å²) >= 11 is 0. The maximum Gasteiger partial charge on any atom is 0.334 e. The maximum absolute atomic E-state index is 12.6. The molecule has 5 nitrogen and oxygen atoms in total. The van der Waals surface area contributed by atoms with Gasteiger partial charge in [-0.15, -0.1) is 0 Å². The number of rotatable bonds is 2. The standard InChI is InChI=1S/C20H17N3O2/c1-13-12-16(14-8-4-2-5-9-14)17-18(21-13)23(20(25)22-19(17)24)15-10-6-3-7-11-15/h2-11,16H,12H2,1H3,(H,22,24,25). The van der Waals surface area contributed by atoms with Crippen LogP contribution in [0.25, 0.3) is 5.69 Å². The first kappa shape index (κ1) is 15.3. The van der Waals surface area contributed by atoms with Gasteiger partial charge in [-0.05, 0) is 31.0 Å². The van der Waals surface area contributed by atoms with Crippen LogP contribution in [0.2, 0.25) is 0 Å². The van der Waals surface area contributed by atoms with Gasteiger partial charge < -0.3 is 0 Å². The number of hydrogen-bond acceptors (Lipinski definition) is 3. The summed E-state index contributed by atoms with van der Waals surface area (Å²) in [4.78, 5) is 32.2. The van der Waals surface area contributed by atoms with Crippen LogP contribution in [0.1, 0.15) is 30.4 Å². The number of hydrogen-bond donors (Lipinski definition) is 1. The Balaban J connectivity index is 2.04. The molecule has 2 heterocycles. The molecule has 4 rings (SSSR count). The van der Waals surface area contributed by atoms with Crippen molar-refractivity contribution in [2.24, 2.45) is 4.99 Å². The number of benzene rings is 2. The number of nitrogens with one attached hydrogen (secondary N) is 1. The lowest BCUT2D eigenvalue weighted by Gasteiger charge is -2.25. The molecule has 1 atom stereocenters. The Bertz CT molecular complexity index is 1060. The lowest BCUT2D eigenvalue weighted by atomic mass is 9.86. The average Bonchev–Trinajstić information content (AvgIpc) is 2.62. The third-order valence-electron chi connectivity index (χ3n) is 4.48. The van der Waals surface area contributed by atoms with E-state index in [0.717, 1.165) is 11.3 Å². The number of aromatic nitrogens is 2. The fourth-order valence-electron chi connectivity index (χ4n) is 3.37. The minimum absolute atomic E-state index is 0.118. The Hall–Kier alpha value is -3.21. The molecule has 1 N–H and O–H groups in total. The molecule has 5 heteroatoms. The first-order valence-electron chi connectivity index (χ1n) is 8.19. The molecule has 0 spiro atoms. The van der Waals surface area contributed by atoms with Crippen molar-refractivity contribution in [1.29, 1.82) is 0 Å². The van der Waals surface area contributed by atoms with E-state index in [4.69, 9.17) is 0 Å². The summed E-state index contributed by atoms with van der Waals surface area (Å²) in [5.41, 5.74) is 2.33. The van der Waals surface area contributed by atoms with E-state index in [9.17, 15) is 9.59 Å². The van der Waals surface area contributed by atoms with Gasteiger partial charge in [-0.1, -0.05) is 48.5 Å². The van der Waals surface area contributed by atoms with Crippen LogP contribution in [0.4, 0.5) is 5.82 Å². The average molecular weight is 331 g/mol. The van der Waals surface area contributed by atoms with E-state index in [1.165, 1.54) is 4.57 Å². The Morgan fingerprint density at radius 1 is 1.00 bits per heavy atom. The highest BCUT2D eigenvalue weighted by Crippen LogP contribution is 2.36. The van der Waals surface area contributed by atoms with E-state index in [2.05, 4.69) is 9.98 Å². The van der Waals surface area contributed by atoms with Crippen molar-refractivity contribution in [2.45, 2.75) is 19.3 Å². The van der Waals surface area contributed by atoms with Gasteiger partial charge in [0.05, 0.1) is 11.3 Å². The van der Waals surface area contributed by atoms with Crippen molar-refractivity contribution >= 4 is 11.5 Å². The first-order valence-corrected chi connectivity index (χ1v) is 8.19. The van der Waals surface area contributed by atoms with Gasteiger partial charge in [-0.2, -0.15) is 0 Å². The Labute approximate surface area is 144 Å². The largest absolute Gasteiger partial charge is 0.334 e. The number of fused-ring (bicyclic) bond motifs is 1. The summed E-state index contributed by atoms with van der Waals surface area (Å²) in [5.74, 6) is 0.311. The lowest BCUT2D eigenvalue weighted by Crippen LogP contribution is -2.34. The predicted molar refractivity (Wildman–Crippen MR) is 98.3 cm³/mol. The van der Waals surface area contributed by atoms with Crippen LogP contribution in [-0.4, -0.2) is 15.3 Å². The van der Waals surface area contributed by atoms with Gasteiger partial charge in [0.1, 0.15) is 0 Å². The van der Waals surface area contributed by atoms with Crippen LogP contribution >= 0.6 is 0 Å². The van der Waals surface area contributed by atoms with Crippen LogP contribution in [0.3, 0.4) is 0 Å². The van der Waals surface area contributed by atoms with E-state index >= 15 is 0 Å². The smallest absolute Gasteiger partial charge is 0.273 e. The van der Waals surface area contributed by atoms with E-state index in [-0.39, 0.29) is 11.5 Å².